The Morgan fingerprint density at radius 3 is 2.00 bits per heavy atom. The molecule has 7 atom stereocenters. The van der Waals surface area contributed by atoms with Gasteiger partial charge in [-0.15, -0.1) is 0 Å². The summed E-state index contributed by atoms with van der Waals surface area (Å²) in [6.07, 6.45) is 3.92. The minimum atomic E-state index is -1.28. The first-order chi connectivity index (χ1) is 34.2. The van der Waals surface area contributed by atoms with Crippen molar-refractivity contribution in [1.82, 2.24) is 36.4 Å². The number of guanidine groups is 1. The van der Waals surface area contributed by atoms with Gasteiger partial charge in [0.2, 0.25) is 41.4 Å². The summed E-state index contributed by atoms with van der Waals surface area (Å²) in [6.45, 7) is 5.64. The lowest BCUT2D eigenvalue weighted by atomic mass is 9.98. The lowest BCUT2D eigenvalue weighted by molar-refractivity contribution is -0.144. The SMILES string of the molecule is CCCC[C@H](NC(=O)[C@H](CC(C)C)N(C)C(=O)[C@H](Cc1ccccc1)NC(=O)[C@@H](N)Cc1ccc(O)cc1)C(=O)N[C@@H](CCCCN)C(=O)N1CCC[C@H]1C(=O)N[C@@H](CCCN=C(N)N)C(=O)NCC(=O)O. The summed E-state index contributed by atoms with van der Waals surface area (Å²) in [4.78, 5) is 116. The molecule has 398 valence electrons. The van der Waals surface area contributed by atoms with Crippen LogP contribution in [0.4, 0.5) is 0 Å². The van der Waals surface area contributed by atoms with E-state index in [4.69, 9.17) is 28.0 Å². The number of likely N-dealkylation sites (tertiary alicyclic amines) is 1. The molecule has 3 rings (SSSR count). The van der Waals surface area contributed by atoms with Crippen molar-refractivity contribution in [1.29, 1.82) is 0 Å². The van der Waals surface area contributed by atoms with Crippen molar-refractivity contribution in [2.45, 2.75) is 147 Å². The molecule has 1 aliphatic rings. The molecule has 0 radical (unpaired) electrons. The number of likely N-dealkylation sites (N-methyl/N-ethyl adjacent to an activating group) is 1. The summed E-state index contributed by atoms with van der Waals surface area (Å²) >= 11 is 0. The normalized spacial score (nSPS) is 15.7. The number of hydrogen-bond donors (Lipinski definition) is 11. The maximum absolute atomic E-state index is 14.5. The molecular weight excluding hydrogens is 929 g/mol. The van der Waals surface area contributed by atoms with Crippen molar-refractivity contribution in [3.8, 4) is 5.75 Å². The smallest absolute Gasteiger partial charge is 0.322 e. The van der Waals surface area contributed by atoms with Crippen molar-refractivity contribution >= 4 is 53.3 Å². The maximum Gasteiger partial charge on any atom is 0.322 e. The Bertz CT molecular complexity index is 2120. The van der Waals surface area contributed by atoms with E-state index >= 15 is 0 Å². The lowest BCUT2D eigenvalue weighted by Gasteiger charge is -2.34. The highest BCUT2D eigenvalue weighted by molar-refractivity contribution is 5.97. The number of nitrogens with zero attached hydrogens (tertiary/aromatic N) is 3. The number of benzene rings is 2. The number of phenols is 1. The highest BCUT2D eigenvalue weighted by atomic mass is 16.4. The van der Waals surface area contributed by atoms with Crippen LogP contribution in [0.25, 0.3) is 0 Å². The lowest BCUT2D eigenvalue weighted by Crippen LogP contribution is -2.60. The fourth-order valence-electron chi connectivity index (χ4n) is 8.39. The summed E-state index contributed by atoms with van der Waals surface area (Å²) in [5.74, 6) is -5.84. The van der Waals surface area contributed by atoms with E-state index < -0.39 is 96.2 Å². The summed E-state index contributed by atoms with van der Waals surface area (Å²) in [5, 5.41) is 32.3. The molecule has 2 aromatic rings. The zero-order chi connectivity index (χ0) is 53.3. The third kappa shape index (κ3) is 20.1. The van der Waals surface area contributed by atoms with E-state index in [1.165, 1.54) is 29.0 Å². The van der Waals surface area contributed by atoms with E-state index in [2.05, 4.69) is 31.6 Å². The van der Waals surface area contributed by atoms with E-state index in [0.717, 1.165) is 5.56 Å². The molecule has 0 bridgehead atoms. The second-order valence-electron chi connectivity index (χ2n) is 18.7. The molecule has 1 saturated heterocycles. The Morgan fingerprint density at radius 2 is 1.38 bits per heavy atom. The number of aromatic hydroxyl groups is 1. The van der Waals surface area contributed by atoms with Crippen molar-refractivity contribution in [3.63, 3.8) is 0 Å². The molecule has 22 heteroatoms. The number of rotatable bonds is 31. The Balaban J connectivity index is 1.86. The zero-order valence-corrected chi connectivity index (χ0v) is 42.1. The third-order valence-electron chi connectivity index (χ3n) is 12.3. The van der Waals surface area contributed by atoms with Crippen LogP contribution in [0.5, 0.6) is 5.75 Å². The molecule has 72 heavy (non-hydrogen) atoms. The number of nitrogens with one attached hydrogen (secondary N) is 5. The molecule has 0 unspecified atom stereocenters. The number of unbranched alkanes of at least 4 members (excludes halogenated alkanes) is 2. The van der Waals surface area contributed by atoms with Gasteiger partial charge in [0.15, 0.2) is 5.96 Å². The van der Waals surface area contributed by atoms with Gasteiger partial charge in [-0.3, -0.25) is 43.3 Å². The van der Waals surface area contributed by atoms with Crippen LogP contribution in [0.15, 0.2) is 59.6 Å². The molecule has 22 nitrogen and oxygen atoms in total. The number of carboxylic acid groups (broad SMARTS) is 1. The number of carboxylic acids is 1. The van der Waals surface area contributed by atoms with Crippen molar-refractivity contribution in [3.05, 3.63) is 65.7 Å². The summed E-state index contributed by atoms with van der Waals surface area (Å²) < 4.78 is 0. The highest BCUT2D eigenvalue weighted by Crippen LogP contribution is 2.22. The Morgan fingerprint density at radius 1 is 0.764 bits per heavy atom. The van der Waals surface area contributed by atoms with Crippen LogP contribution in [0.3, 0.4) is 0 Å². The van der Waals surface area contributed by atoms with Crippen molar-refractivity contribution < 1.29 is 48.6 Å². The Labute approximate surface area is 422 Å². The van der Waals surface area contributed by atoms with E-state index in [0.29, 0.717) is 44.2 Å². The van der Waals surface area contributed by atoms with Gasteiger partial charge in [0.1, 0.15) is 48.5 Å². The van der Waals surface area contributed by atoms with E-state index in [-0.39, 0.29) is 82.1 Å². The second kappa shape index (κ2) is 30.8. The first-order valence-corrected chi connectivity index (χ1v) is 24.9. The van der Waals surface area contributed by atoms with Crippen LogP contribution in [0.1, 0.15) is 103 Å². The molecular formula is C50H78N12O10. The van der Waals surface area contributed by atoms with Crippen molar-refractivity contribution in [2.75, 3.05) is 33.2 Å². The van der Waals surface area contributed by atoms with Crippen LogP contribution in [-0.4, -0.2) is 149 Å². The second-order valence-corrected chi connectivity index (χ2v) is 18.7. The number of amides is 7. The number of aliphatic carboxylic acids is 1. The molecule has 0 saturated carbocycles. The molecule has 1 heterocycles. The molecule has 7 amide bonds. The van der Waals surface area contributed by atoms with Gasteiger partial charge in [-0.2, -0.15) is 0 Å². The van der Waals surface area contributed by atoms with Gasteiger partial charge in [0.05, 0.1) is 6.04 Å². The van der Waals surface area contributed by atoms with Crippen LogP contribution >= 0.6 is 0 Å². The van der Waals surface area contributed by atoms with Crippen LogP contribution in [0, 0.1) is 5.92 Å². The zero-order valence-electron chi connectivity index (χ0n) is 42.1. The number of carbonyl (C=O) groups excluding carboxylic acids is 7. The van der Waals surface area contributed by atoms with Crippen LogP contribution < -0.4 is 49.5 Å². The number of hydrogen-bond acceptors (Lipinski definition) is 12. The fourth-order valence-corrected chi connectivity index (χ4v) is 8.39. The molecule has 1 fully saturated rings. The monoisotopic (exact) mass is 1010 g/mol. The standard InChI is InChI=1S/C50H78N12O10/c1-5-6-16-37(45(68)59-38(17-10-11-24-51)49(72)62-26-13-19-40(62)46(69)57-36(18-12-25-55-50(53)54)44(67)56-30-42(64)65)58-47(70)41(27-31(2)3)61(4)48(71)39(29-32-14-8-7-9-15-32)60-43(66)35(52)28-33-20-22-34(63)23-21-33/h7-9,14-15,20-23,31,35-41,63H,5-6,10-13,16-19,24-30,51-52H2,1-4H3,(H,56,67)(H,57,69)(H,58,70)(H,59,68)(H,60,66)(H,64,65)(H4,53,54,55)/t35-,36-,37-,38-,39-,40-,41-/m0/s1. The summed E-state index contributed by atoms with van der Waals surface area (Å²) in [5.41, 5.74) is 24.4. The average Bonchev–Trinajstić information content (AvgIpc) is 3.85. The predicted octanol–water partition coefficient (Wildman–Crippen LogP) is -0.118. The summed E-state index contributed by atoms with van der Waals surface area (Å²) in [7, 11) is 1.47. The topological polar surface area (TPSA) is 360 Å². The third-order valence-corrected chi connectivity index (χ3v) is 12.3. The summed E-state index contributed by atoms with van der Waals surface area (Å²) in [6, 6.07) is 7.58. The Hall–Kier alpha value is -6.81. The maximum atomic E-state index is 14.5. The minimum Gasteiger partial charge on any atom is -0.508 e. The van der Waals surface area contributed by atoms with E-state index in [1.54, 1.807) is 24.3 Å². The molecule has 15 N–H and O–H groups in total. The first kappa shape index (κ1) is 59.5. The molecule has 2 aromatic carbocycles. The van der Waals surface area contributed by atoms with Crippen molar-refractivity contribution in [2.24, 2.45) is 33.8 Å². The van der Waals surface area contributed by atoms with Gasteiger partial charge < -0.3 is 69.5 Å². The molecule has 0 aliphatic carbocycles. The van der Waals surface area contributed by atoms with E-state index in [1.807, 2.05) is 39.0 Å². The van der Waals surface area contributed by atoms with Gasteiger partial charge in [-0.1, -0.05) is 76.1 Å². The van der Waals surface area contributed by atoms with Gasteiger partial charge in [-0.05, 0) is 99.9 Å². The van der Waals surface area contributed by atoms with Crippen LogP contribution in [-0.2, 0) is 51.2 Å². The number of phenolic OH excluding ortho intramolecular Hbond substituents is 1. The number of aliphatic imine (C=N–C) groups is 1. The van der Waals surface area contributed by atoms with E-state index in [9.17, 15) is 43.5 Å². The molecule has 0 spiro atoms. The van der Waals surface area contributed by atoms with Crippen LogP contribution in [0.2, 0.25) is 0 Å². The molecule has 1 aliphatic heterocycles. The fraction of sp³-hybridized carbons (Fsp3) is 0.580. The number of carbonyl (C=O) groups is 8. The first-order valence-electron chi connectivity index (χ1n) is 24.9. The van der Waals surface area contributed by atoms with Gasteiger partial charge in [0.25, 0.3) is 0 Å². The minimum absolute atomic E-state index is 0.0574. The largest absolute Gasteiger partial charge is 0.508 e. The Kier molecular flexibility index (Phi) is 25.5. The molecule has 0 aromatic heterocycles. The van der Waals surface area contributed by atoms with Gasteiger partial charge >= 0.3 is 5.97 Å². The quantitative estimate of drug-likeness (QED) is 0.0267. The van der Waals surface area contributed by atoms with Gasteiger partial charge in [0, 0.05) is 26.6 Å². The van der Waals surface area contributed by atoms with Gasteiger partial charge in [-0.25, -0.2) is 0 Å². The number of nitrogens with two attached hydrogens (primary N) is 4. The highest BCUT2D eigenvalue weighted by Gasteiger charge is 2.40. The predicted molar refractivity (Wildman–Crippen MR) is 271 cm³/mol. The average molecular weight is 1010 g/mol.